The predicted molar refractivity (Wildman–Crippen MR) is 70.6 cm³/mol. The lowest BCUT2D eigenvalue weighted by Crippen LogP contribution is -2.28. The summed E-state index contributed by atoms with van der Waals surface area (Å²) < 4.78 is 1.85. The van der Waals surface area contributed by atoms with Crippen molar-refractivity contribution >= 4 is 17.5 Å². The second-order valence-corrected chi connectivity index (χ2v) is 4.23. The fourth-order valence-electron chi connectivity index (χ4n) is 1.61. The normalized spacial score (nSPS) is 10.5. The van der Waals surface area contributed by atoms with Crippen molar-refractivity contribution in [3.05, 3.63) is 23.0 Å². The van der Waals surface area contributed by atoms with Gasteiger partial charge in [0.25, 0.3) is 5.91 Å². The zero-order valence-corrected chi connectivity index (χ0v) is 11.2. The van der Waals surface area contributed by atoms with E-state index in [9.17, 15) is 4.79 Å². The van der Waals surface area contributed by atoms with Crippen LogP contribution in [0, 0.1) is 0 Å². The van der Waals surface area contributed by atoms with Crippen LogP contribution in [0.3, 0.4) is 0 Å². The van der Waals surface area contributed by atoms with Crippen LogP contribution in [0.5, 0.6) is 0 Å². The zero-order valence-electron chi connectivity index (χ0n) is 10.4. The minimum absolute atomic E-state index is 0.0600. The van der Waals surface area contributed by atoms with E-state index in [0.717, 1.165) is 26.1 Å². The first-order valence-corrected chi connectivity index (χ1v) is 6.41. The van der Waals surface area contributed by atoms with Crippen LogP contribution < -0.4 is 10.6 Å². The Morgan fingerprint density at radius 3 is 2.82 bits per heavy atom. The number of nitrogens with zero attached hydrogens (tertiary/aromatic N) is 1. The maximum atomic E-state index is 11.9. The highest BCUT2D eigenvalue weighted by molar-refractivity contribution is 6.31. The van der Waals surface area contributed by atoms with Gasteiger partial charge in [-0.25, -0.2) is 0 Å². The highest BCUT2D eigenvalue weighted by Gasteiger charge is 2.11. The monoisotopic (exact) mass is 257 g/mol. The van der Waals surface area contributed by atoms with Crippen molar-refractivity contribution in [3.8, 4) is 0 Å². The third kappa shape index (κ3) is 4.40. The second kappa shape index (κ2) is 7.35. The molecule has 1 amide bonds. The molecule has 0 aromatic carbocycles. The molecule has 0 saturated heterocycles. The maximum Gasteiger partial charge on any atom is 0.267 e. The summed E-state index contributed by atoms with van der Waals surface area (Å²) in [6.45, 7) is 7.35. The number of amides is 1. The number of aromatic nitrogens is 1. The van der Waals surface area contributed by atoms with Crippen LogP contribution >= 0.6 is 11.6 Å². The Labute approximate surface area is 107 Å². The molecule has 1 aromatic rings. The van der Waals surface area contributed by atoms with Crippen molar-refractivity contribution in [1.29, 1.82) is 0 Å². The third-order valence-corrected chi connectivity index (χ3v) is 2.71. The lowest BCUT2D eigenvalue weighted by atomic mass is 10.3. The quantitative estimate of drug-likeness (QED) is 0.733. The Hall–Kier alpha value is -1.00. The molecular weight excluding hydrogens is 238 g/mol. The molecule has 0 radical (unpaired) electrons. The predicted octanol–water partition coefficient (Wildman–Crippen LogP) is 1.89. The number of rotatable bonds is 7. The van der Waals surface area contributed by atoms with E-state index in [0.29, 0.717) is 17.3 Å². The highest BCUT2D eigenvalue weighted by Crippen LogP contribution is 2.13. The molecule has 1 heterocycles. The van der Waals surface area contributed by atoms with Crippen molar-refractivity contribution in [2.24, 2.45) is 0 Å². The van der Waals surface area contributed by atoms with E-state index in [1.165, 1.54) is 0 Å². The van der Waals surface area contributed by atoms with E-state index in [2.05, 4.69) is 17.6 Å². The van der Waals surface area contributed by atoms with Crippen LogP contribution in [0.2, 0.25) is 5.02 Å². The average molecular weight is 258 g/mol. The Morgan fingerprint density at radius 1 is 1.41 bits per heavy atom. The Morgan fingerprint density at radius 2 is 2.18 bits per heavy atom. The lowest BCUT2D eigenvalue weighted by Gasteiger charge is -2.07. The zero-order chi connectivity index (χ0) is 12.7. The first-order valence-electron chi connectivity index (χ1n) is 6.03. The van der Waals surface area contributed by atoms with Crippen LogP contribution in [-0.4, -0.2) is 30.1 Å². The summed E-state index contributed by atoms with van der Waals surface area (Å²) in [5, 5.41) is 6.70. The van der Waals surface area contributed by atoms with Gasteiger partial charge in [0, 0.05) is 19.3 Å². The minimum Gasteiger partial charge on any atom is -0.351 e. The highest BCUT2D eigenvalue weighted by atomic mass is 35.5. The van der Waals surface area contributed by atoms with Crippen LogP contribution in [-0.2, 0) is 6.54 Å². The lowest BCUT2D eigenvalue weighted by molar-refractivity contribution is 0.0944. The molecule has 4 nitrogen and oxygen atoms in total. The summed E-state index contributed by atoms with van der Waals surface area (Å²) in [5.41, 5.74) is 0.626. The molecular formula is C12H20ClN3O. The molecule has 2 N–H and O–H groups in total. The molecule has 0 aliphatic rings. The van der Waals surface area contributed by atoms with Crippen molar-refractivity contribution in [2.45, 2.75) is 26.8 Å². The standard InChI is InChI=1S/C12H20ClN3O/c1-3-14-6-5-7-15-12(17)11-8-10(13)9-16(11)4-2/h8-9,14H,3-7H2,1-2H3,(H,15,17). The summed E-state index contributed by atoms with van der Waals surface area (Å²) in [7, 11) is 0. The molecule has 1 rings (SSSR count). The number of hydrogen-bond acceptors (Lipinski definition) is 2. The van der Waals surface area contributed by atoms with Crippen molar-refractivity contribution in [3.63, 3.8) is 0 Å². The number of carbonyl (C=O) groups is 1. The molecule has 0 fully saturated rings. The topological polar surface area (TPSA) is 46.1 Å². The van der Waals surface area contributed by atoms with E-state index in [1.807, 2.05) is 11.5 Å². The van der Waals surface area contributed by atoms with Gasteiger partial charge >= 0.3 is 0 Å². The molecule has 0 saturated carbocycles. The number of hydrogen-bond donors (Lipinski definition) is 2. The van der Waals surface area contributed by atoms with Crippen LogP contribution in [0.15, 0.2) is 12.3 Å². The van der Waals surface area contributed by atoms with Gasteiger partial charge in [-0.05, 0) is 32.5 Å². The van der Waals surface area contributed by atoms with E-state index >= 15 is 0 Å². The molecule has 96 valence electrons. The van der Waals surface area contributed by atoms with Gasteiger partial charge in [0.05, 0.1) is 5.02 Å². The van der Waals surface area contributed by atoms with Crippen molar-refractivity contribution < 1.29 is 4.79 Å². The average Bonchev–Trinajstić information content (AvgIpc) is 2.70. The maximum absolute atomic E-state index is 11.9. The summed E-state index contributed by atoms with van der Waals surface area (Å²) >= 11 is 5.88. The van der Waals surface area contributed by atoms with Gasteiger partial charge in [0.1, 0.15) is 5.69 Å². The Bertz CT molecular complexity index is 363. The van der Waals surface area contributed by atoms with E-state index in [1.54, 1.807) is 12.3 Å². The molecule has 0 aliphatic heterocycles. The summed E-state index contributed by atoms with van der Waals surface area (Å²) in [5.74, 6) is -0.0600. The van der Waals surface area contributed by atoms with E-state index in [4.69, 9.17) is 11.6 Å². The molecule has 0 bridgehead atoms. The number of aryl methyl sites for hydroxylation is 1. The largest absolute Gasteiger partial charge is 0.351 e. The van der Waals surface area contributed by atoms with Crippen LogP contribution in [0.1, 0.15) is 30.8 Å². The SMILES string of the molecule is CCNCCCNC(=O)c1cc(Cl)cn1CC. The first-order chi connectivity index (χ1) is 8.19. The molecule has 0 aliphatic carbocycles. The summed E-state index contributed by atoms with van der Waals surface area (Å²) in [6, 6.07) is 1.70. The molecule has 5 heteroatoms. The van der Waals surface area contributed by atoms with Crippen molar-refractivity contribution in [2.75, 3.05) is 19.6 Å². The fraction of sp³-hybridized carbons (Fsp3) is 0.583. The number of nitrogens with one attached hydrogen (secondary N) is 2. The van der Waals surface area contributed by atoms with E-state index in [-0.39, 0.29) is 5.91 Å². The number of halogens is 1. The van der Waals surface area contributed by atoms with Gasteiger partial charge in [-0.3, -0.25) is 4.79 Å². The molecule has 0 unspecified atom stereocenters. The van der Waals surface area contributed by atoms with Gasteiger partial charge in [-0.1, -0.05) is 18.5 Å². The second-order valence-electron chi connectivity index (χ2n) is 3.79. The Balaban J connectivity index is 2.41. The first kappa shape index (κ1) is 14.1. The van der Waals surface area contributed by atoms with Crippen LogP contribution in [0.4, 0.5) is 0 Å². The smallest absolute Gasteiger partial charge is 0.267 e. The Kier molecular flexibility index (Phi) is 6.08. The molecule has 17 heavy (non-hydrogen) atoms. The molecule has 0 spiro atoms. The van der Waals surface area contributed by atoms with Gasteiger partial charge in [-0.2, -0.15) is 0 Å². The molecule has 0 atom stereocenters. The fourth-order valence-corrected chi connectivity index (χ4v) is 1.83. The van der Waals surface area contributed by atoms with Gasteiger partial charge in [0.2, 0.25) is 0 Å². The summed E-state index contributed by atoms with van der Waals surface area (Å²) in [6.07, 6.45) is 2.70. The summed E-state index contributed by atoms with van der Waals surface area (Å²) in [4.78, 5) is 11.9. The van der Waals surface area contributed by atoms with Gasteiger partial charge in [0.15, 0.2) is 0 Å². The molecule has 1 aromatic heterocycles. The minimum atomic E-state index is -0.0600. The van der Waals surface area contributed by atoms with Gasteiger partial charge < -0.3 is 15.2 Å². The third-order valence-electron chi connectivity index (χ3n) is 2.50. The number of carbonyl (C=O) groups excluding carboxylic acids is 1. The van der Waals surface area contributed by atoms with Crippen molar-refractivity contribution in [1.82, 2.24) is 15.2 Å². The van der Waals surface area contributed by atoms with E-state index < -0.39 is 0 Å². The van der Waals surface area contributed by atoms with Gasteiger partial charge in [-0.15, -0.1) is 0 Å². The van der Waals surface area contributed by atoms with Crippen LogP contribution in [0.25, 0.3) is 0 Å².